The van der Waals surface area contributed by atoms with Gasteiger partial charge in [-0.15, -0.1) is 0 Å². The fraction of sp³-hybridized carbons (Fsp3) is 0.316. The first-order valence-electron chi connectivity index (χ1n) is 16.7. The molecule has 0 spiro atoms. The Balaban J connectivity index is 1.68. The number of carboxylic acids is 1. The third kappa shape index (κ3) is 7.11. The topological polar surface area (TPSA) is 125 Å². The number of nitrogens with zero attached hydrogens (tertiary/aromatic N) is 3. The predicted octanol–water partition coefficient (Wildman–Crippen LogP) is 8.54. The monoisotopic (exact) mass is 719 g/mol. The van der Waals surface area contributed by atoms with Crippen molar-refractivity contribution in [2.75, 3.05) is 28.8 Å². The quantitative estimate of drug-likeness (QED) is 0.114. The van der Waals surface area contributed by atoms with E-state index in [0.717, 1.165) is 25.2 Å². The summed E-state index contributed by atoms with van der Waals surface area (Å²) in [6, 6.07) is 19.0. The molecule has 0 saturated heterocycles. The van der Waals surface area contributed by atoms with E-state index in [1.165, 1.54) is 22.7 Å². The molecular weight excluding hydrogens is 678 g/mol. The van der Waals surface area contributed by atoms with E-state index in [9.17, 15) is 23.1 Å². The van der Waals surface area contributed by atoms with Crippen LogP contribution < -0.4 is 9.21 Å². The highest BCUT2D eigenvalue weighted by Gasteiger charge is 2.32. The maximum Gasteiger partial charge on any atom is 0.372 e. The number of carbonyl (C=O) groups excluding carboxylic acids is 1. The summed E-state index contributed by atoms with van der Waals surface area (Å²) in [6.45, 7) is 11.2. The molecule has 0 fully saturated rings. The second-order valence-electron chi connectivity index (χ2n) is 11.9. The summed E-state index contributed by atoms with van der Waals surface area (Å²) in [7, 11) is -4.21. The molecule has 0 saturated carbocycles. The van der Waals surface area contributed by atoms with Crippen LogP contribution in [0.3, 0.4) is 0 Å². The molecular formula is C38H42ClN3O7S. The highest BCUT2D eigenvalue weighted by Crippen LogP contribution is 2.37. The number of aromatic carboxylic acids is 1. The van der Waals surface area contributed by atoms with Gasteiger partial charge in [-0.2, -0.15) is 0 Å². The molecule has 0 bridgehead atoms. The Morgan fingerprint density at radius 2 is 1.68 bits per heavy atom. The molecule has 2 heterocycles. The van der Waals surface area contributed by atoms with Gasteiger partial charge in [-0.25, -0.2) is 13.2 Å². The van der Waals surface area contributed by atoms with Crippen LogP contribution in [0, 0.1) is 6.92 Å². The van der Waals surface area contributed by atoms with Gasteiger partial charge in [-0.1, -0.05) is 37.6 Å². The summed E-state index contributed by atoms with van der Waals surface area (Å²) in [5.41, 5.74) is 3.40. The number of halogens is 1. The molecule has 264 valence electrons. The first-order chi connectivity index (χ1) is 24.0. The Bertz CT molecular complexity index is 2110. The number of amides is 1. The van der Waals surface area contributed by atoms with Crippen LogP contribution in [0.2, 0.25) is 5.02 Å². The summed E-state index contributed by atoms with van der Waals surface area (Å²) in [4.78, 5) is 29.9. The van der Waals surface area contributed by atoms with Gasteiger partial charge in [0.15, 0.2) is 0 Å². The van der Waals surface area contributed by atoms with Gasteiger partial charge in [0.1, 0.15) is 11.3 Å². The summed E-state index contributed by atoms with van der Waals surface area (Å²) >= 11 is 6.50. The van der Waals surface area contributed by atoms with Crippen LogP contribution >= 0.6 is 11.6 Å². The van der Waals surface area contributed by atoms with Crippen molar-refractivity contribution in [2.24, 2.45) is 0 Å². The lowest BCUT2D eigenvalue weighted by atomic mass is 10.0. The standard InChI is InChI=1S/C38H42ClN3O7S/c1-6-20-40(8-3)27-16-17-32(26(22-27)23-41(24-28-13-12-21-48-28)37(43)30-14-10-11-15-31(30)39)42(9-4)50(46,47)34-19-18-33-35(29(34)7-2)25(5)36(49-33)38(44)45/h10-19,21-22H,6-9,20,23-24H2,1-5H3,(H,44,45). The van der Waals surface area contributed by atoms with Crippen LogP contribution in [-0.4, -0.2) is 49.9 Å². The highest BCUT2D eigenvalue weighted by molar-refractivity contribution is 7.93. The van der Waals surface area contributed by atoms with Crippen molar-refractivity contribution in [2.45, 2.75) is 65.4 Å². The fourth-order valence-electron chi connectivity index (χ4n) is 6.47. The molecule has 1 amide bonds. The largest absolute Gasteiger partial charge is 0.475 e. The Morgan fingerprint density at radius 3 is 2.30 bits per heavy atom. The number of furan rings is 2. The number of carboxylic acid groups (broad SMARTS) is 1. The molecule has 10 nitrogen and oxygen atoms in total. The number of rotatable bonds is 15. The van der Waals surface area contributed by atoms with Crippen LogP contribution in [-0.2, 0) is 29.5 Å². The molecule has 0 unspecified atom stereocenters. The summed E-state index contributed by atoms with van der Waals surface area (Å²) < 4.78 is 42.1. The minimum absolute atomic E-state index is 0.0477. The Morgan fingerprint density at radius 1 is 0.920 bits per heavy atom. The lowest BCUT2D eigenvalue weighted by Gasteiger charge is -2.31. The normalized spacial score (nSPS) is 11.6. The van der Waals surface area contributed by atoms with Crippen molar-refractivity contribution >= 4 is 55.8 Å². The van der Waals surface area contributed by atoms with Crippen molar-refractivity contribution in [3.05, 3.63) is 112 Å². The molecule has 0 aliphatic heterocycles. The molecule has 1 N–H and O–H groups in total. The number of fused-ring (bicyclic) bond motifs is 1. The molecule has 50 heavy (non-hydrogen) atoms. The summed E-state index contributed by atoms with van der Waals surface area (Å²) in [6.07, 6.45) is 2.77. The number of aryl methyl sites for hydroxylation is 2. The Kier molecular flexibility index (Phi) is 11.3. The van der Waals surface area contributed by atoms with Crippen LogP contribution in [0.15, 0.2) is 86.7 Å². The van der Waals surface area contributed by atoms with Gasteiger partial charge >= 0.3 is 5.97 Å². The maximum atomic E-state index is 14.8. The van der Waals surface area contributed by atoms with Gasteiger partial charge in [0.05, 0.1) is 34.0 Å². The fourth-order valence-corrected chi connectivity index (χ4v) is 8.50. The molecule has 5 aromatic rings. The minimum atomic E-state index is -4.21. The molecule has 3 aromatic carbocycles. The number of hydrogen-bond acceptors (Lipinski definition) is 7. The number of benzene rings is 3. The van der Waals surface area contributed by atoms with Gasteiger partial charge in [0.25, 0.3) is 15.9 Å². The molecule has 5 rings (SSSR count). The number of sulfonamides is 1. The minimum Gasteiger partial charge on any atom is -0.475 e. The first kappa shape index (κ1) is 36.5. The molecule has 12 heteroatoms. The van der Waals surface area contributed by atoms with E-state index < -0.39 is 16.0 Å². The number of carbonyl (C=O) groups is 2. The van der Waals surface area contributed by atoms with Crippen molar-refractivity contribution in [1.29, 1.82) is 0 Å². The SMILES string of the molecule is CCCN(CC)c1ccc(N(CC)S(=O)(=O)c2ccc3oc(C(=O)O)c(C)c3c2CC)c(CN(Cc2ccco2)C(=O)c2ccccc2Cl)c1. The molecule has 0 radical (unpaired) electrons. The second-order valence-corrected chi connectivity index (χ2v) is 14.2. The van der Waals surface area contributed by atoms with E-state index in [-0.39, 0.29) is 36.2 Å². The lowest BCUT2D eigenvalue weighted by molar-refractivity contribution is 0.0662. The number of anilines is 2. The molecule has 2 aromatic heterocycles. The van der Waals surface area contributed by atoms with Gasteiger partial charge in [0.2, 0.25) is 5.76 Å². The van der Waals surface area contributed by atoms with Crippen molar-refractivity contribution in [3.8, 4) is 0 Å². The predicted molar refractivity (Wildman–Crippen MR) is 196 cm³/mol. The zero-order valence-corrected chi connectivity index (χ0v) is 30.5. The van der Waals surface area contributed by atoms with Gasteiger partial charge in [-0.3, -0.25) is 9.10 Å². The van der Waals surface area contributed by atoms with Gasteiger partial charge in [0, 0.05) is 42.8 Å². The van der Waals surface area contributed by atoms with Crippen molar-refractivity contribution in [1.82, 2.24) is 4.90 Å². The van der Waals surface area contributed by atoms with Crippen LogP contribution in [0.1, 0.15) is 77.5 Å². The molecule has 0 atom stereocenters. The average Bonchev–Trinajstić information content (AvgIpc) is 3.74. The second kappa shape index (κ2) is 15.4. The Labute approximate surface area is 297 Å². The van der Waals surface area contributed by atoms with Gasteiger partial charge in [-0.05, 0) is 99.3 Å². The third-order valence-corrected chi connectivity index (χ3v) is 11.1. The van der Waals surface area contributed by atoms with E-state index in [1.54, 1.807) is 61.2 Å². The first-order valence-corrected chi connectivity index (χ1v) is 18.5. The van der Waals surface area contributed by atoms with E-state index >= 15 is 0 Å². The number of hydrogen-bond donors (Lipinski definition) is 1. The molecule has 0 aliphatic carbocycles. The van der Waals surface area contributed by atoms with Crippen molar-refractivity contribution < 1.29 is 31.9 Å². The average molecular weight is 720 g/mol. The van der Waals surface area contributed by atoms with Crippen molar-refractivity contribution in [3.63, 3.8) is 0 Å². The van der Waals surface area contributed by atoms with E-state index in [1.807, 2.05) is 19.1 Å². The van der Waals surface area contributed by atoms with E-state index in [4.69, 9.17) is 20.4 Å². The Hall–Kier alpha value is -4.74. The third-order valence-electron chi connectivity index (χ3n) is 8.81. The van der Waals surface area contributed by atoms with E-state index in [2.05, 4.69) is 18.7 Å². The van der Waals surface area contributed by atoms with Crippen LogP contribution in [0.25, 0.3) is 11.0 Å². The zero-order chi connectivity index (χ0) is 36.2. The smallest absolute Gasteiger partial charge is 0.372 e. The van der Waals surface area contributed by atoms with E-state index in [0.29, 0.717) is 56.1 Å². The highest BCUT2D eigenvalue weighted by atomic mass is 35.5. The van der Waals surface area contributed by atoms with Gasteiger partial charge < -0.3 is 23.7 Å². The maximum absolute atomic E-state index is 14.8. The lowest BCUT2D eigenvalue weighted by Crippen LogP contribution is -2.35. The summed E-state index contributed by atoms with van der Waals surface area (Å²) in [5.74, 6) is -1.22. The van der Waals surface area contributed by atoms with Crippen LogP contribution in [0.4, 0.5) is 11.4 Å². The molecule has 0 aliphatic rings. The van der Waals surface area contributed by atoms with Crippen LogP contribution in [0.5, 0.6) is 0 Å². The summed E-state index contributed by atoms with van der Waals surface area (Å²) in [5, 5.41) is 10.5. The zero-order valence-electron chi connectivity index (χ0n) is 28.9.